The van der Waals surface area contributed by atoms with Gasteiger partial charge in [0.25, 0.3) is 0 Å². The third-order valence-corrected chi connectivity index (χ3v) is 3.40. The van der Waals surface area contributed by atoms with Crippen molar-refractivity contribution in [3.05, 3.63) is 71.8 Å². The second-order valence-electron chi connectivity index (χ2n) is 6.02. The number of hydrogen-bond donors (Lipinski definition) is 0. The van der Waals surface area contributed by atoms with Crippen molar-refractivity contribution < 1.29 is 14.3 Å². The van der Waals surface area contributed by atoms with E-state index in [4.69, 9.17) is 9.47 Å². The molecular weight excluding hydrogens is 338 g/mol. The zero-order chi connectivity index (χ0) is 20.3. The highest BCUT2D eigenvalue weighted by atomic mass is 16.7. The van der Waals surface area contributed by atoms with Gasteiger partial charge in [0.1, 0.15) is 0 Å². The zero-order valence-electron chi connectivity index (χ0n) is 17.4. The molecule has 1 amide bonds. The van der Waals surface area contributed by atoms with Crippen LogP contribution in [0.15, 0.2) is 60.7 Å². The number of nitrogens with zero attached hydrogens (tertiary/aromatic N) is 1. The second-order valence-corrected chi connectivity index (χ2v) is 6.02. The molecule has 0 aliphatic heterocycles. The summed E-state index contributed by atoms with van der Waals surface area (Å²) in [4.78, 5) is 10.9. The van der Waals surface area contributed by atoms with Gasteiger partial charge in [-0.15, -0.1) is 0 Å². The van der Waals surface area contributed by atoms with E-state index in [9.17, 15) is 4.79 Å². The van der Waals surface area contributed by atoms with E-state index in [1.807, 2.05) is 20.8 Å². The summed E-state index contributed by atoms with van der Waals surface area (Å²) in [5, 5.41) is 0. The average molecular weight is 374 g/mol. The Kier molecular flexibility index (Phi) is 15.9. The number of benzene rings is 2. The fourth-order valence-electron chi connectivity index (χ4n) is 2.10. The molecule has 0 radical (unpaired) electrons. The van der Waals surface area contributed by atoms with E-state index >= 15 is 0 Å². The summed E-state index contributed by atoms with van der Waals surface area (Å²) in [6, 6.07) is 21.2. The van der Waals surface area contributed by atoms with Gasteiger partial charge in [-0.25, -0.2) is 0 Å². The third-order valence-electron chi connectivity index (χ3n) is 3.40. The minimum Gasteiger partial charge on any atom is -0.353 e. The summed E-state index contributed by atoms with van der Waals surface area (Å²) in [7, 11) is 3.38. The first-order valence-electron chi connectivity index (χ1n) is 9.46. The Morgan fingerprint density at radius 3 is 1.41 bits per heavy atom. The minimum atomic E-state index is -0.0370. The topological polar surface area (TPSA) is 38.8 Å². The van der Waals surface area contributed by atoms with Crippen LogP contribution in [0, 0.1) is 0 Å². The van der Waals surface area contributed by atoms with Gasteiger partial charge in [0.15, 0.2) is 6.29 Å². The summed E-state index contributed by atoms with van der Waals surface area (Å²) in [6.45, 7) is 7.25. The molecule has 0 N–H and O–H groups in total. The molecule has 0 atom stereocenters. The molecule has 0 bridgehead atoms. The van der Waals surface area contributed by atoms with Crippen LogP contribution < -0.4 is 0 Å². The number of aryl methyl sites for hydroxylation is 2. The quantitative estimate of drug-likeness (QED) is 0.502. The Morgan fingerprint density at radius 2 is 1.15 bits per heavy atom. The van der Waals surface area contributed by atoms with E-state index < -0.39 is 0 Å². The van der Waals surface area contributed by atoms with Gasteiger partial charge in [-0.05, 0) is 44.7 Å². The molecule has 0 unspecified atom stereocenters. The van der Waals surface area contributed by atoms with E-state index in [2.05, 4.69) is 60.7 Å². The van der Waals surface area contributed by atoms with Crippen molar-refractivity contribution in [3.8, 4) is 0 Å². The molecule has 0 saturated carbocycles. The Bertz CT molecular complexity index is 513. The van der Waals surface area contributed by atoms with Crippen LogP contribution in [0.2, 0.25) is 0 Å². The third kappa shape index (κ3) is 15.8. The largest absolute Gasteiger partial charge is 0.353 e. The maximum atomic E-state index is 9.43. The van der Waals surface area contributed by atoms with Crippen LogP contribution in [0.25, 0.3) is 0 Å². The van der Waals surface area contributed by atoms with Gasteiger partial charge >= 0.3 is 0 Å². The highest BCUT2D eigenvalue weighted by Gasteiger charge is 1.95. The lowest BCUT2D eigenvalue weighted by Gasteiger charge is -2.09. The first kappa shape index (κ1) is 24.8. The van der Waals surface area contributed by atoms with Crippen molar-refractivity contribution in [3.63, 3.8) is 0 Å². The monoisotopic (exact) mass is 373 g/mol. The molecule has 0 spiro atoms. The van der Waals surface area contributed by atoms with Crippen molar-refractivity contribution in [2.24, 2.45) is 0 Å². The summed E-state index contributed by atoms with van der Waals surface area (Å²) in [6.07, 6.45) is 2.97. The highest BCUT2D eigenvalue weighted by molar-refractivity contribution is 5.45. The van der Waals surface area contributed by atoms with E-state index in [0.29, 0.717) is 0 Å². The van der Waals surface area contributed by atoms with E-state index in [1.165, 1.54) is 16.0 Å². The van der Waals surface area contributed by atoms with E-state index in [-0.39, 0.29) is 6.29 Å². The van der Waals surface area contributed by atoms with E-state index in [1.54, 1.807) is 14.1 Å². The number of amides is 1. The number of carbonyl (C=O) groups excluding carboxylic acids is 1. The maximum absolute atomic E-state index is 9.43. The number of hydrogen-bond acceptors (Lipinski definition) is 3. The normalized spacial score (nSPS) is 9.56. The van der Waals surface area contributed by atoms with Crippen molar-refractivity contribution in [2.75, 3.05) is 27.3 Å². The van der Waals surface area contributed by atoms with Crippen LogP contribution in [0.1, 0.15) is 31.9 Å². The Hall–Kier alpha value is -2.17. The van der Waals surface area contributed by atoms with Crippen molar-refractivity contribution >= 4 is 6.41 Å². The van der Waals surface area contributed by atoms with Gasteiger partial charge in [0, 0.05) is 27.3 Å². The average Bonchev–Trinajstić information content (AvgIpc) is 2.69. The first-order valence-corrected chi connectivity index (χ1v) is 9.46. The first-order chi connectivity index (χ1) is 13.0. The summed E-state index contributed by atoms with van der Waals surface area (Å²) >= 11 is 0. The predicted octanol–water partition coefficient (Wildman–Crippen LogP) is 4.58. The summed E-state index contributed by atoms with van der Waals surface area (Å²) in [5.41, 5.74) is 2.83. The number of carbonyl (C=O) groups is 1. The standard InChI is InChI=1S/C14H14.C6H14O2.C3H7NO/c1-3-7-13(8-4-1)11-12-14-9-5-2-6-10-14;1-4-7-6(3)8-5-2;1-4(2)3-5/h1-10H,11-12H2;6H,4-5H2,1-3H3;3H,1-2H3. The smallest absolute Gasteiger partial charge is 0.209 e. The SMILES string of the molecule is CCOC(C)OCC.CN(C)C=O.c1ccc(CCc2ccccc2)cc1. The molecule has 0 aromatic heterocycles. The van der Waals surface area contributed by atoms with Crippen molar-refractivity contribution in [1.29, 1.82) is 0 Å². The lowest BCUT2D eigenvalue weighted by Crippen LogP contribution is -2.11. The lowest BCUT2D eigenvalue weighted by atomic mass is 10.0. The zero-order valence-corrected chi connectivity index (χ0v) is 17.4. The van der Waals surface area contributed by atoms with Gasteiger partial charge in [0.05, 0.1) is 0 Å². The molecular formula is C23H35NO3. The van der Waals surface area contributed by atoms with Crippen LogP contribution in [-0.4, -0.2) is 44.9 Å². The number of ether oxygens (including phenoxy) is 2. The molecule has 150 valence electrons. The van der Waals surface area contributed by atoms with Crippen molar-refractivity contribution in [1.82, 2.24) is 4.90 Å². The minimum absolute atomic E-state index is 0.0370. The van der Waals surface area contributed by atoms with Crippen LogP contribution >= 0.6 is 0 Å². The van der Waals surface area contributed by atoms with Crippen LogP contribution in [-0.2, 0) is 27.1 Å². The van der Waals surface area contributed by atoms with Gasteiger partial charge in [-0.2, -0.15) is 0 Å². The number of rotatable bonds is 8. The molecule has 2 aromatic rings. The van der Waals surface area contributed by atoms with Crippen LogP contribution in [0.3, 0.4) is 0 Å². The molecule has 0 heterocycles. The molecule has 2 rings (SSSR count). The second kappa shape index (κ2) is 17.3. The molecule has 2 aromatic carbocycles. The van der Waals surface area contributed by atoms with Crippen molar-refractivity contribution in [2.45, 2.75) is 39.9 Å². The molecule has 4 heteroatoms. The van der Waals surface area contributed by atoms with Gasteiger partial charge in [-0.3, -0.25) is 4.79 Å². The molecule has 0 aliphatic carbocycles. The molecule has 0 saturated heterocycles. The lowest BCUT2D eigenvalue weighted by molar-refractivity contribution is -0.123. The summed E-state index contributed by atoms with van der Waals surface area (Å²) in [5.74, 6) is 0. The van der Waals surface area contributed by atoms with Gasteiger partial charge in [0.2, 0.25) is 6.41 Å². The Morgan fingerprint density at radius 1 is 0.815 bits per heavy atom. The van der Waals surface area contributed by atoms with Gasteiger partial charge < -0.3 is 14.4 Å². The van der Waals surface area contributed by atoms with E-state index in [0.717, 1.165) is 32.5 Å². The Balaban J connectivity index is 0.000000443. The van der Waals surface area contributed by atoms with Gasteiger partial charge in [-0.1, -0.05) is 60.7 Å². The summed E-state index contributed by atoms with van der Waals surface area (Å²) < 4.78 is 10.1. The molecule has 0 aliphatic rings. The molecule has 0 fully saturated rings. The molecule has 4 nitrogen and oxygen atoms in total. The van der Waals surface area contributed by atoms with Crippen LogP contribution in [0.4, 0.5) is 0 Å². The maximum Gasteiger partial charge on any atom is 0.209 e. The molecule has 27 heavy (non-hydrogen) atoms. The highest BCUT2D eigenvalue weighted by Crippen LogP contribution is 2.06. The fraction of sp³-hybridized carbons (Fsp3) is 0.435. The predicted molar refractivity (Wildman–Crippen MR) is 113 cm³/mol. The van der Waals surface area contributed by atoms with Crippen LogP contribution in [0.5, 0.6) is 0 Å². The Labute approximate surface area is 165 Å². The fourth-order valence-corrected chi connectivity index (χ4v) is 2.10.